The molecule has 0 fully saturated rings. The molecule has 0 aliphatic rings. The molecule has 124 valence electrons. The molecule has 1 aromatic carbocycles. The SMILES string of the molecule is CC(=O)Nc1nc(COC(=O)CCc2nc3ccccc3s2)cs1. The number of nitrogens with one attached hydrogen (secondary N) is 1. The molecule has 2 heterocycles. The number of carbonyl (C=O) groups is 2. The Morgan fingerprint density at radius 1 is 1.25 bits per heavy atom. The van der Waals surface area contributed by atoms with Gasteiger partial charge < -0.3 is 10.1 Å². The van der Waals surface area contributed by atoms with Crippen molar-refractivity contribution in [1.29, 1.82) is 0 Å². The molecule has 0 bridgehead atoms. The molecule has 3 rings (SSSR count). The van der Waals surface area contributed by atoms with E-state index in [2.05, 4.69) is 15.3 Å². The lowest BCUT2D eigenvalue weighted by Gasteiger charge is -2.01. The number of esters is 1. The molecule has 0 spiro atoms. The molecule has 8 heteroatoms. The fourth-order valence-electron chi connectivity index (χ4n) is 2.04. The number of anilines is 1. The fourth-order valence-corrected chi connectivity index (χ4v) is 3.75. The number of ether oxygens (including phenoxy) is 1. The van der Waals surface area contributed by atoms with Gasteiger partial charge in [-0.25, -0.2) is 9.97 Å². The molecule has 6 nitrogen and oxygen atoms in total. The average Bonchev–Trinajstić information content (AvgIpc) is 3.16. The maximum atomic E-state index is 11.8. The minimum atomic E-state index is -0.289. The second-order valence-corrected chi connectivity index (χ2v) is 7.03. The number of benzene rings is 1. The van der Waals surface area contributed by atoms with Gasteiger partial charge in [-0.05, 0) is 12.1 Å². The number of rotatable bonds is 6. The van der Waals surface area contributed by atoms with Crippen molar-refractivity contribution in [3.63, 3.8) is 0 Å². The maximum Gasteiger partial charge on any atom is 0.306 e. The lowest BCUT2D eigenvalue weighted by atomic mass is 10.3. The van der Waals surface area contributed by atoms with E-state index in [-0.39, 0.29) is 24.9 Å². The van der Waals surface area contributed by atoms with Gasteiger partial charge in [-0.3, -0.25) is 9.59 Å². The van der Waals surface area contributed by atoms with Crippen molar-refractivity contribution < 1.29 is 14.3 Å². The normalized spacial score (nSPS) is 10.7. The van der Waals surface area contributed by atoms with Gasteiger partial charge in [0.05, 0.1) is 27.3 Å². The number of hydrogen-bond donors (Lipinski definition) is 1. The second-order valence-electron chi connectivity index (χ2n) is 5.06. The maximum absolute atomic E-state index is 11.8. The van der Waals surface area contributed by atoms with Crippen molar-refractivity contribution >= 4 is 49.9 Å². The van der Waals surface area contributed by atoms with Gasteiger partial charge in [0.2, 0.25) is 5.91 Å². The van der Waals surface area contributed by atoms with E-state index in [1.165, 1.54) is 18.3 Å². The first-order chi connectivity index (χ1) is 11.6. The van der Waals surface area contributed by atoms with Crippen LogP contribution in [0.3, 0.4) is 0 Å². The van der Waals surface area contributed by atoms with E-state index in [1.54, 1.807) is 16.7 Å². The van der Waals surface area contributed by atoms with Crippen molar-refractivity contribution in [3.8, 4) is 0 Å². The lowest BCUT2D eigenvalue weighted by molar-refractivity contribution is -0.145. The van der Waals surface area contributed by atoms with Crippen LogP contribution in [0.15, 0.2) is 29.6 Å². The molecule has 1 amide bonds. The largest absolute Gasteiger partial charge is 0.459 e. The van der Waals surface area contributed by atoms with E-state index < -0.39 is 0 Å². The first-order valence-corrected chi connectivity index (χ1v) is 9.02. The molecule has 3 aromatic rings. The Labute approximate surface area is 146 Å². The summed E-state index contributed by atoms with van der Waals surface area (Å²) in [5, 5.41) is 5.78. The van der Waals surface area contributed by atoms with E-state index in [0.29, 0.717) is 17.2 Å². The van der Waals surface area contributed by atoms with Crippen LogP contribution < -0.4 is 5.32 Å². The third kappa shape index (κ3) is 4.36. The number of fused-ring (bicyclic) bond motifs is 1. The van der Waals surface area contributed by atoms with E-state index in [4.69, 9.17) is 4.74 Å². The lowest BCUT2D eigenvalue weighted by Crippen LogP contribution is -2.07. The highest BCUT2D eigenvalue weighted by molar-refractivity contribution is 7.18. The highest BCUT2D eigenvalue weighted by atomic mass is 32.1. The Bertz CT molecular complexity index is 839. The summed E-state index contributed by atoms with van der Waals surface area (Å²) in [7, 11) is 0. The Morgan fingerprint density at radius 3 is 2.88 bits per heavy atom. The summed E-state index contributed by atoms with van der Waals surface area (Å²) < 4.78 is 6.33. The molecule has 0 aliphatic heterocycles. The van der Waals surface area contributed by atoms with Gasteiger partial charge in [0.25, 0.3) is 0 Å². The summed E-state index contributed by atoms with van der Waals surface area (Å²) >= 11 is 2.89. The van der Waals surface area contributed by atoms with Crippen LogP contribution in [0.2, 0.25) is 0 Å². The highest BCUT2D eigenvalue weighted by Gasteiger charge is 2.10. The topological polar surface area (TPSA) is 81.2 Å². The van der Waals surface area contributed by atoms with Crippen molar-refractivity contribution in [2.45, 2.75) is 26.4 Å². The minimum Gasteiger partial charge on any atom is -0.459 e. The smallest absolute Gasteiger partial charge is 0.306 e. The molecule has 0 radical (unpaired) electrons. The van der Waals surface area contributed by atoms with Crippen molar-refractivity contribution in [2.75, 3.05) is 5.32 Å². The molecule has 24 heavy (non-hydrogen) atoms. The Balaban J connectivity index is 1.47. The molecular weight excluding hydrogens is 346 g/mol. The van der Waals surface area contributed by atoms with Crippen LogP contribution in [-0.4, -0.2) is 21.8 Å². The Morgan fingerprint density at radius 2 is 2.08 bits per heavy atom. The Kier molecular flexibility index (Phi) is 5.17. The zero-order chi connectivity index (χ0) is 16.9. The third-order valence-electron chi connectivity index (χ3n) is 3.10. The minimum absolute atomic E-state index is 0.106. The monoisotopic (exact) mass is 361 g/mol. The summed E-state index contributed by atoms with van der Waals surface area (Å²) in [4.78, 5) is 31.5. The number of nitrogens with zero attached hydrogens (tertiary/aromatic N) is 2. The van der Waals surface area contributed by atoms with Crippen LogP contribution in [0.25, 0.3) is 10.2 Å². The predicted molar refractivity (Wildman–Crippen MR) is 94.2 cm³/mol. The van der Waals surface area contributed by atoms with Crippen LogP contribution in [0.4, 0.5) is 5.13 Å². The van der Waals surface area contributed by atoms with Crippen LogP contribution in [0.1, 0.15) is 24.0 Å². The number of amides is 1. The summed E-state index contributed by atoms with van der Waals surface area (Å²) in [5.41, 5.74) is 1.58. The van der Waals surface area contributed by atoms with Crippen LogP contribution >= 0.6 is 22.7 Å². The summed E-state index contributed by atoms with van der Waals surface area (Å²) in [6, 6.07) is 7.90. The van der Waals surface area contributed by atoms with Crippen LogP contribution in [0, 0.1) is 0 Å². The number of para-hydroxylation sites is 1. The van der Waals surface area contributed by atoms with Crippen molar-refractivity contribution in [1.82, 2.24) is 9.97 Å². The first kappa shape index (κ1) is 16.5. The summed E-state index contributed by atoms with van der Waals surface area (Å²) in [6.07, 6.45) is 0.842. The molecule has 0 atom stereocenters. The van der Waals surface area contributed by atoms with E-state index in [9.17, 15) is 9.59 Å². The molecular formula is C16H15N3O3S2. The second kappa shape index (κ2) is 7.50. The molecule has 2 aromatic heterocycles. The van der Waals surface area contributed by atoms with Gasteiger partial charge in [-0.2, -0.15) is 0 Å². The number of carbonyl (C=O) groups excluding carboxylic acids is 2. The van der Waals surface area contributed by atoms with Gasteiger partial charge in [0.1, 0.15) is 6.61 Å². The third-order valence-corrected chi connectivity index (χ3v) is 5.00. The number of hydrogen-bond acceptors (Lipinski definition) is 7. The number of thiazole rings is 2. The zero-order valence-electron chi connectivity index (χ0n) is 12.9. The number of aromatic nitrogens is 2. The Hall–Kier alpha value is -2.32. The van der Waals surface area contributed by atoms with Crippen LogP contribution in [0.5, 0.6) is 0 Å². The molecule has 0 aliphatic carbocycles. The van der Waals surface area contributed by atoms with E-state index >= 15 is 0 Å². The van der Waals surface area contributed by atoms with Gasteiger partial charge in [0.15, 0.2) is 5.13 Å². The predicted octanol–water partition coefficient (Wildman–Crippen LogP) is 3.39. The molecule has 0 unspecified atom stereocenters. The quantitative estimate of drug-likeness (QED) is 0.681. The molecule has 0 saturated carbocycles. The highest BCUT2D eigenvalue weighted by Crippen LogP contribution is 2.22. The summed E-state index contributed by atoms with van der Waals surface area (Å²) in [5.74, 6) is -0.466. The molecule has 1 N–H and O–H groups in total. The van der Waals surface area contributed by atoms with Crippen molar-refractivity contribution in [2.24, 2.45) is 0 Å². The van der Waals surface area contributed by atoms with E-state index in [0.717, 1.165) is 15.2 Å². The van der Waals surface area contributed by atoms with Gasteiger partial charge in [-0.1, -0.05) is 12.1 Å². The van der Waals surface area contributed by atoms with Gasteiger partial charge in [-0.15, -0.1) is 22.7 Å². The summed E-state index contributed by atoms with van der Waals surface area (Å²) in [6.45, 7) is 1.53. The van der Waals surface area contributed by atoms with Gasteiger partial charge in [0, 0.05) is 18.7 Å². The van der Waals surface area contributed by atoms with Crippen molar-refractivity contribution in [3.05, 3.63) is 40.3 Å². The van der Waals surface area contributed by atoms with Gasteiger partial charge >= 0.3 is 5.97 Å². The molecule has 0 saturated heterocycles. The van der Waals surface area contributed by atoms with E-state index in [1.807, 2.05) is 24.3 Å². The first-order valence-electron chi connectivity index (χ1n) is 7.32. The van der Waals surface area contributed by atoms with Crippen LogP contribution in [-0.2, 0) is 27.4 Å². The average molecular weight is 361 g/mol. The zero-order valence-corrected chi connectivity index (χ0v) is 14.6. The standard InChI is InChI=1S/C16H15N3O3S2/c1-10(20)17-16-18-11(9-23-16)8-22-15(21)7-6-14-19-12-4-2-3-5-13(12)24-14/h2-5,9H,6-8H2,1H3,(H,17,18,20). The fraction of sp³-hybridized carbons (Fsp3) is 0.250. The number of aryl methyl sites for hydroxylation is 1.